The first-order valence-electron chi connectivity index (χ1n) is 7.44. The van der Waals surface area contributed by atoms with Crippen LogP contribution >= 0.6 is 0 Å². The van der Waals surface area contributed by atoms with Gasteiger partial charge in [-0.1, -0.05) is 6.07 Å². The highest BCUT2D eigenvalue weighted by Crippen LogP contribution is 2.70. The minimum Gasteiger partial charge on any atom is -0.370 e. The van der Waals surface area contributed by atoms with Crippen molar-refractivity contribution < 1.29 is 0 Å². The quantitative estimate of drug-likeness (QED) is 0.644. The molecule has 3 heteroatoms. The van der Waals surface area contributed by atoms with Crippen molar-refractivity contribution >= 4 is 11.6 Å². The van der Waals surface area contributed by atoms with Gasteiger partial charge < -0.3 is 11.1 Å². The van der Waals surface area contributed by atoms with Crippen molar-refractivity contribution in [1.82, 2.24) is 0 Å². The number of hydrogen-bond donors (Lipinski definition) is 2. The Balaban J connectivity index is 1.38. The van der Waals surface area contributed by atoms with Crippen LogP contribution in [0.3, 0.4) is 0 Å². The summed E-state index contributed by atoms with van der Waals surface area (Å²) >= 11 is 0. The van der Waals surface area contributed by atoms with Crippen molar-refractivity contribution in [2.24, 2.45) is 22.1 Å². The molecule has 0 aromatic heterocycles. The van der Waals surface area contributed by atoms with Crippen molar-refractivity contribution in [2.45, 2.75) is 38.5 Å². The van der Waals surface area contributed by atoms with Crippen molar-refractivity contribution in [3.63, 3.8) is 0 Å². The Morgan fingerprint density at radius 3 is 2.95 bits per heavy atom. The van der Waals surface area contributed by atoms with Gasteiger partial charge in [0.2, 0.25) is 0 Å². The Hall–Kier alpha value is -1.51. The van der Waals surface area contributed by atoms with Gasteiger partial charge >= 0.3 is 0 Å². The maximum Gasteiger partial charge on any atom is 0.193 e. The van der Waals surface area contributed by atoms with Crippen LogP contribution in [0.4, 0.5) is 5.69 Å². The fourth-order valence-corrected chi connectivity index (χ4v) is 3.51. The van der Waals surface area contributed by atoms with Gasteiger partial charge in [-0.05, 0) is 73.1 Å². The summed E-state index contributed by atoms with van der Waals surface area (Å²) in [5.74, 6) is 1.38. The summed E-state index contributed by atoms with van der Waals surface area (Å²) in [4.78, 5) is 4.49. The SMILES string of the molecule is NC(=NCC1CC12CC2)Nc1ccc2c(c1)CCC2. The van der Waals surface area contributed by atoms with Gasteiger partial charge in [0.25, 0.3) is 0 Å². The molecule has 0 heterocycles. The van der Waals surface area contributed by atoms with Gasteiger partial charge in [0, 0.05) is 12.2 Å². The monoisotopic (exact) mass is 255 g/mol. The first kappa shape index (κ1) is 11.3. The van der Waals surface area contributed by atoms with Crippen molar-refractivity contribution in [2.75, 3.05) is 11.9 Å². The van der Waals surface area contributed by atoms with Gasteiger partial charge in [-0.3, -0.25) is 4.99 Å². The third kappa shape index (κ3) is 2.11. The molecule has 0 radical (unpaired) electrons. The summed E-state index contributed by atoms with van der Waals surface area (Å²) in [5.41, 5.74) is 10.7. The van der Waals surface area contributed by atoms with Crippen molar-refractivity contribution in [3.8, 4) is 0 Å². The Bertz CT molecular complexity index is 543. The number of guanidine groups is 1. The Morgan fingerprint density at radius 2 is 2.16 bits per heavy atom. The molecule has 3 aliphatic carbocycles. The van der Waals surface area contributed by atoms with Gasteiger partial charge in [0.15, 0.2) is 5.96 Å². The first-order valence-corrected chi connectivity index (χ1v) is 7.44. The predicted molar refractivity (Wildman–Crippen MR) is 78.4 cm³/mol. The predicted octanol–water partition coefficient (Wildman–Crippen LogP) is 2.70. The highest BCUT2D eigenvalue weighted by molar-refractivity contribution is 5.92. The van der Waals surface area contributed by atoms with Gasteiger partial charge in [-0.2, -0.15) is 0 Å². The minimum atomic E-state index is 0.570. The molecule has 3 nitrogen and oxygen atoms in total. The molecule has 3 aliphatic rings. The van der Waals surface area contributed by atoms with Crippen molar-refractivity contribution in [3.05, 3.63) is 29.3 Å². The number of aliphatic imine (C=N–C) groups is 1. The van der Waals surface area contributed by atoms with Gasteiger partial charge in [-0.25, -0.2) is 0 Å². The number of nitrogens with one attached hydrogen (secondary N) is 1. The number of hydrogen-bond acceptors (Lipinski definition) is 1. The van der Waals surface area contributed by atoms with Crippen LogP contribution in [0, 0.1) is 11.3 Å². The highest BCUT2D eigenvalue weighted by atomic mass is 15.1. The molecule has 100 valence electrons. The molecule has 0 amide bonds. The molecule has 1 aromatic carbocycles. The number of nitrogens with zero attached hydrogens (tertiary/aromatic N) is 1. The number of benzene rings is 1. The zero-order chi connectivity index (χ0) is 12.9. The van der Waals surface area contributed by atoms with E-state index in [9.17, 15) is 0 Å². The molecule has 1 aromatic rings. The second-order valence-electron chi connectivity index (χ2n) is 6.45. The van der Waals surface area contributed by atoms with E-state index in [0.717, 1.165) is 23.6 Å². The molecular formula is C16H21N3. The van der Waals surface area contributed by atoms with E-state index in [1.165, 1.54) is 49.7 Å². The molecule has 3 N–H and O–H groups in total. The van der Waals surface area contributed by atoms with Gasteiger partial charge in [0.1, 0.15) is 0 Å². The average Bonchev–Trinajstić information content (AvgIpc) is 3.28. The third-order valence-corrected chi connectivity index (χ3v) is 5.10. The molecule has 1 unspecified atom stereocenters. The van der Waals surface area contributed by atoms with Crippen LogP contribution in [0.25, 0.3) is 0 Å². The molecule has 1 atom stereocenters. The second-order valence-corrected chi connectivity index (χ2v) is 6.45. The molecule has 0 aliphatic heterocycles. The van der Waals surface area contributed by atoms with E-state index in [-0.39, 0.29) is 0 Å². The number of aryl methyl sites for hydroxylation is 2. The van der Waals surface area contributed by atoms with E-state index < -0.39 is 0 Å². The maximum absolute atomic E-state index is 5.97. The van der Waals surface area contributed by atoms with Crippen LogP contribution < -0.4 is 11.1 Å². The van der Waals surface area contributed by atoms with E-state index in [1.807, 2.05) is 0 Å². The standard InChI is InChI=1S/C16H21N3/c17-15(18-10-13-9-16(13)6-7-16)19-14-5-4-11-2-1-3-12(11)8-14/h4-5,8,13H,1-3,6-7,9-10H2,(H3,17,18,19). The summed E-state index contributed by atoms with van der Waals surface area (Å²) in [6.45, 7) is 0.907. The average molecular weight is 255 g/mol. The number of fused-ring (bicyclic) bond motifs is 1. The first-order chi connectivity index (χ1) is 9.25. The summed E-state index contributed by atoms with van der Waals surface area (Å²) in [6, 6.07) is 6.56. The Morgan fingerprint density at radius 1 is 1.32 bits per heavy atom. The van der Waals surface area contributed by atoms with Gasteiger partial charge in [-0.15, -0.1) is 0 Å². The molecule has 2 fully saturated rings. The zero-order valence-electron chi connectivity index (χ0n) is 11.3. The largest absolute Gasteiger partial charge is 0.370 e. The topological polar surface area (TPSA) is 50.4 Å². The third-order valence-electron chi connectivity index (χ3n) is 5.10. The summed E-state index contributed by atoms with van der Waals surface area (Å²) < 4.78 is 0. The Labute approximate surface area is 114 Å². The van der Waals surface area contributed by atoms with Crippen LogP contribution in [0.2, 0.25) is 0 Å². The molecular weight excluding hydrogens is 234 g/mol. The summed E-state index contributed by atoms with van der Waals surface area (Å²) in [6.07, 6.45) is 7.93. The van der Waals surface area contributed by atoms with E-state index in [2.05, 4.69) is 28.5 Å². The highest BCUT2D eigenvalue weighted by Gasteiger charge is 2.62. The minimum absolute atomic E-state index is 0.570. The maximum atomic E-state index is 5.97. The number of rotatable bonds is 3. The molecule has 0 saturated heterocycles. The molecule has 4 rings (SSSR count). The van der Waals surface area contributed by atoms with Crippen molar-refractivity contribution in [1.29, 1.82) is 0 Å². The lowest BCUT2D eigenvalue weighted by Crippen LogP contribution is -2.23. The summed E-state index contributed by atoms with van der Waals surface area (Å²) in [7, 11) is 0. The van der Waals surface area contributed by atoms with Crippen LogP contribution in [0.5, 0.6) is 0 Å². The van der Waals surface area contributed by atoms with Crippen LogP contribution in [0.1, 0.15) is 36.8 Å². The summed E-state index contributed by atoms with van der Waals surface area (Å²) in [5, 5.41) is 3.23. The molecule has 0 bridgehead atoms. The van der Waals surface area contributed by atoms with E-state index >= 15 is 0 Å². The van der Waals surface area contributed by atoms with E-state index in [1.54, 1.807) is 0 Å². The number of nitrogens with two attached hydrogens (primary N) is 1. The second kappa shape index (κ2) is 3.99. The molecule has 19 heavy (non-hydrogen) atoms. The molecule has 2 saturated carbocycles. The number of anilines is 1. The normalized spacial score (nSPS) is 26.3. The lowest BCUT2D eigenvalue weighted by molar-refractivity contribution is 0.716. The van der Waals surface area contributed by atoms with Gasteiger partial charge in [0.05, 0.1) is 0 Å². The van der Waals surface area contributed by atoms with E-state index in [0.29, 0.717) is 5.96 Å². The smallest absolute Gasteiger partial charge is 0.193 e. The van der Waals surface area contributed by atoms with Crippen LogP contribution in [-0.2, 0) is 12.8 Å². The lowest BCUT2D eigenvalue weighted by Gasteiger charge is -2.07. The Kier molecular flexibility index (Phi) is 2.38. The fraction of sp³-hybridized carbons (Fsp3) is 0.562. The van der Waals surface area contributed by atoms with E-state index in [4.69, 9.17) is 5.73 Å². The zero-order valence-corrected chi connectivity index (χ0v) is 11.3. The fourth-order valence-electron chi connectivity index (χ4n) is 3.51. The van der Waals surface area contributed by atoms with Crippen LogP contribution in [0.15, 0.2) is 23.2 Å². The molecule has 1 spiro atoms. The lowest BCUT2D eigenvalue weighted by atomic mass is 10.1. The van der Waals surface area contributed by atoms with Crippen LogP contribution in [-0.4, -0.2) is 12.5 Å².